The van der Waals surface area contributed by atoms with Gasteiger partial charge in [0.25, 0.3) is 0 Å². The van der Waals surface area contributed by atoms with Crippen LogP contribution in [-0.2, 0) is 0 Å². The van der Waals surface area contributed by atoms with E-state index in [1.165, 1.54) is 28.7 Å². The van der Waals surface area contributed by atoms with Gasteiger partial charge in [0.15, 0.2) is 10.1 Å². The Morgan fingerprint density at radius 3 is 2.47 bits per heavy atom. The highest BCUT2D eigenvalue weighted by Gasteiger charge is 2.20. The molecule has 2 aromatic heterocycles. The van der Waals surface area contributed by atoms with Crippen LogP contribution >= 0.6 is 23.1 Å². The molecule has 0 atom stereocenters. The number of thioether (sulfide) groups is 1. The molecule has 34 heavy (non-hydrogen) atoms. The normalized spacial score (nSPS) is 11.3. The zero-order chi connectivity index (χ0) is 23.5. The number of carbonyl (C=O) groups is 1. The Kier molecular flexibility index (Phi) is 6.47. The summed E-state index contributed by atoms with van der Waals surface area (Å²) in [5.74, 6) is 0.852. The van der Waals surface area contributed by atoms with E-state index in [1.807, 2.05) is 54.6 Å². The molecule has 0 saturated heterocycles. The molecule has 0 aliphatic heterocycles. The van der Waals surface area contributed by atoms with Crippen molar-refractivity contribution >= 4 is 50.6 Å². The maximum atomic E-state index is 13.4. The number of hydrogen-bond acceptors (Lipinski definition) is 6. The molecular weight excluding hydrogens is 460 g/mol. The van der Waals surface area contributed by atoms with Crippen molar-refractivity contribution in [2.24, 2.45) is 0 Å². The molecular formula is C27H24N4OS2. The summed E-state index contributed by atoms with van der Waals surface area (Å²) in [6, 6.07) is 26.3. The number of carbonyl (C=O) groups excluding carboxylic acids is 1. The van der Waals surface area contributed by atoms with Crippen LogP contribution in [0.2, 0.25) is 0 Å². The van der Waals surface area contributed by atoms with Gasteiger partial charge in [0, 0.05) is 16.6 Å². The van der Waals surface area contributed by atoms with E-state index in [0.29, 0.717) is 16.8 Å². The number of ketones is 1. The first kappa shape index (κ1) is 22.4. The number of aromatic amines is 1. The largest absolute Gasteiger partial charge is 0.354 e. The number of benzene rings is 3. The van der Waals surface area contributed by atoms with Crippen LogP contribution < -0.4 is 5.32 Å². The van der Waals surface area contributed by atoms with Crippen molar-refractivity contribution in [2.45, 2.75) is 24.1 Å². The summed E-state index contributed by atoms with van der Waals surface area (Å²) in [7, 11) is 0. The van der Waals surface area contributed by atoms with Crippen molar-refractivity contribution in [3.63, 3.8) is 0 Å². The number of fused-ring (bicyclic) bond motifs is 1. The number of Topliss-reactive ketones (excluding diaryl/α,β-unsaturated/α-hetero) is 1. The van der Waals surface area contributed by atoms with E-state index in [0.717, 1.165) is 37.8 Å². The number of anilines is 2. The molecule has 5 nitrogen and oxygen atoms in total. The highest BCUT2D eigenvalue weighted by atomic mass is 32.2. The van der Waals surface area contributed by atoms with E-state index in [1.54, 1.807) is 0 Å². The molecule has 0 radical (unpaired) electrons. The third-order valence-electron chi connectivity index (χ3n) is 5.61. The van der Waals surface area contributed by atoms with Gasteiger partial charge < -0.3 is 10.3 Å². The number of hydrogen-bond donors (Lipinski definition) is 2. The monoisotopic (exact) mass is 484 g/mol. The summed E-state index contributed by atoms with van der Waals surface area (Å²) >= 11 is 2.87. The quantitative estimate of drug-likeness (QED) is 0.176. The summed E-state index contributed by atoms with van der Waals surface area (Å²) in [6.07, 6.45) is 0. The molecule has 0 bridgehead atoms. The molecule has 0 aliphatic rings. The molecule has 0 fully saturated rings. The summed E-state index contributed by atoms with van der Waals surface area (Å²) in [5.41, 5.74) is 5.81. The smallest absolute Gasteiger partial charge is 0.210 e. The highest BCUT2D eigenvalue weighted by molar-refractivity contribution is 8.01. The molecule has 7 heteroatoms. The Labute approximate surface area is 206 Å². The first-order chi connectivity index (χ1) is 16.6. The van der Waals surface area contributed by atoms with Crippen LogP contribution in [0.1, 0.15) is 35.7 Å². The minimum Gasteiger partial charge on any atom is -0.354 e. The minimum atomic E-state index is 0.0651. The molecule has 2 heterocycles. The van der Waals surface area contributed by atoms with Gasteiger partial charge in [-0.2, -0.15) is 0 Å². The van der Waals surface area contributed by atoms with E-state index < -0.39 is 0 Å². The number of nitrogens with one attached hydrogen (secondary N) is 2. The fourth-order valence-electron chi connectivity index (χ4n) is 3.85. The Bertz CT molecular complexity index is 1420. The SMILES string of the molecule is CC(C)c1ccc(Nc2nnc(SCC(=O)c3c(-c4ccccc4)[nH]c4ccccc34)s2)cc1. The van der Waals surface area contributed by atoms with Crippen LogP contribution in [0.3, 0.4) is 0 Å². The standard InChI is InChI=1S/C27H24N4OS2/c1-17(2)18-12-14-20(15-13-18)28-26-30-31-27(34-26)33-16-23(32)24-21-10-6-7-11-22(21)29-25(24)19-8-4-3-5-9-19/h3-15,17,29H,16H2,1-2H3,(H,28,30). The number of rotatable bonds is 8. The number of nitrogens with zero attached hydrogens (tertiary/aromatic N) is 2. The number of aromatic nitrogens is 3. The molecule has 5 rings (SSSR count). The van der Waals surface area contributed by atoms with Gasteiger partial charge in [0.05, 0.1) is 17.0 Å². The van der Waals surface area contributed by atoms with Crippen LogP contribution in [0.25, 0.3) is 22.2 Å². The summed E-state index contributed by atoms with van der Waals surface area (Å²) in [6.45, 7) is 4.36. The van der Waals surface area contributed by atoms with Crippen LogP contribution in [0.4, 0.5) is 10.8 Å². The first-order valence-electron chi connectivity index (χ1n) is 11.1. The highest BCUT2D eigenvalue weighted by Crippen LogP contribution is 2.33. The van der Waals surface area contributed by atoms with Crippen molar-refractivity contribution in [1.82, 2.24) is 15.2 Å². The van der Waals surface area contributed by atoms with Crippen LogP contribution in [0, 0.1) is 0 Å². The maximum Gasteiger partial charge on any atom is 0.210 e. The average Bonchev–Trinajstić information content (AvgIpc) is 3.48. The molecule has 2 N–H and O–H groups in total. The zero-order valence-electron chi connectivity index (χ0n) is 18.9. The van der Waals surface area contributed by atoms with Gasteiger partial charge in [-0.3, -0.25) is 4.79 Å². The zero-order valence-corrected chi connectivity index (χ0v) is 20.5. The van der Waals surface area contributed by atoms with Crippen molar-refractivity contribution in [3.05, 3.63) is 90.0 Å². The summed E-state index contributed by atoms with van der Waals surface area (Å²) < 4.78 is 0.760. The molecule has 170 valence electrons. The predicted molar refractivity (Wildman–Crippen MR) is 143 cm³/mol. The fourth-order valence-corrected chi connectivity index (χ4v) is 5.49. The Hall–Kier alpha value is -3.42. The second kappa shape index (κ2) is 9.83. The molecule has 0 saturated carbocycles. The lowest BCUT2D eigenvalue weighted by atomic mass is 10.0. The lowest BCUT2D eigenvalue weighted by Gasteiger charge is -2.06. The van der Waals surface area contributed by atoms with E-state index in [9.17, 15) is 4.79 Å². The second-order valence-electron chi connectivity index (χ2n) is 8.27. The van der Waals surface area contributed by atoms with Gasteiger partial charge in [0.1, 0.15) is 0 Å². The van der Waals surface area contributed by atoms with Gasteiger partial charge in [0.2, 0.25) is 5.13 Å². The van der Waals surface area contributed by atoms with Crippen LogP contribution in [0.5, 0.6) is 0 Å². The third kappa shape index (κ3) is 4.76. The van der Waals surface area contributed by atoms with Gasteiger partial charge >= 0.3 is 0 Å². The van der Waals surface area contributed by atoms with Crippen molar-refractivity contribution in [3.8, 4) is 11.3 Å². The Balaban J connectivity index is 1.31. The first-order valence-corrected chi connectivity index (χ1v) is 12.9. The summed E-state index contributed by atoms with van der Waals surface area (Å²) in [4.78, 5) is 16.8. The maximum absolute atomic E-state index is 13.4. The topological polar surface area (TPSA) is 70.7 Å². The minimum absolute atomic E-state index is 0.0651. The van der Waals surface area contributed by atoms with Gasteiger partial charge in [-0.05, 0) is 35.2 Å². The number of para-hydroxylation sites is 1. The van der Waals surface area contributed by atoms with Crippen molar-refractivity contribution in [2.75, 3.05) is 11.1 Å². The molecule has 3 aromatic carbocycles. The molecule has 0 unspecified atom stereocenters. The molecule has 5 aromatic rings. The lowest BCUT2D eigenvalue weighted by molar-refractivity contribution is 0.102. The predicted octanol–water partition coefficient (Wildman–Crippen LogP) is 7.53. The second-order valence-corrected chi connectivity index (χ2v) is 10.5. The van der Waals surface area contributed by atoms with E-state index in [4.69, 9.17) is 0 Å². The van der Waals surface area contributed by atoms with Crippen LogP contribution in [-0.4, -0.2) is 26.7 Å². The molecule has 0 aliphatic carbocycles. The summed E-state index contributed by atoms with van der Waals surface area (Å²) in [5, 5.41) is 13.5. The van der Waals surface area contributed by atoms with Crippen molar-refractivity contribution in [1.29, 1.82) is 0 Å². The van der Waals surface area contributed by atoms with E-state index in [2.05, 4.69) is 58.6 Å². The van der Waals surface area contributed by atoms with Gasteiger partial charge in [-0.1, -0.05) is 97.6 Å². The van der Waals surface area contributed by atoms with Gasteiger partial charge in [-0.25, -0.2) is 0 Å². The Morgan fingerprint density at radius 1 is 0.971 bits per heavy atom. The van der Waals surface area contributed by atoms with Crippen molar-refractivity contribution < 1.29 is 4.79 Å². The third-order valence-corrected chi connectivity index (χ3v) is 7.58. The lowest BCUT2D eigenvalue weighted by Crippen LogP contribution is -2.03. The molecule has 0 spiro atoms. The fraction of sp³-hybridized carbons (Fsp3) is 0.148. The van der Waals surface area contributed by atoms with Crippen LogP contribution in [0.15, 0.2) is 83.2 Å². The molecule has 0 amide bonds. The van der Waals surface area contributed by atoms with E-state index >= 15 is 0 Å². The average molecular weight is 485 g/mol. The Morgan fingerprint density at radius 2 is 1.71 bits per heavy atom. The van der Waals surface area contributed by atoms with Gasteiger partial charge in [-0.15, -0.1) is 10.2 Å². The van der Waals surface area contributed by atoms with E-state index in [-0.39, 0.29) is 5.78 Å². The number of H-pyrrole nitrogens is 1.